The number of nitrogens with zero attached hydrogens (tertiary/aromatic N) is 1. The lowest BCUT2D eigenvalue weighted by Gasteiger charge is -2.37. The molecule has 0 spiro atoms. The van der Waals surface area contributed by atoms with Gasteiger partial charge in [0.25, 0.3) is 0 Å². The van der Waals surface area contributed by atoms with Crippen LogP contribution in [0.2, 0.25) is 18.1 Å². The molecule has 1 heterocycles. The first-order chi connectivity index (χ1) is 19.0. The summed E-state index contributed by atoms with van der Waals surface area (Å²) >= 11 is 0. The minimum atomic E-state index is -4.79. The number of pyridine rings is 1. The van der Waals surface area contributed by atoms with Crippen molar-refractivity contribution in [2.45, 2.75) is 96.4 Å². The largest absolute Gasteiger partial charge is 0.490 e. The van der Waals surface area contributed by atoms with Gasteiger partial charge < -0.3 is 14.5 Å². The molecule has 10 heteroatoms. The van der Waals surface area contributed by atoms with E-state index in [4.69, 9.17) is 9.16 Å². The average molecular weight is 595 g/mol. The Labute approximate surface area is 239 Å². The number of hydrogen-bond acceptors (Lipinski definition) is 4. The summed E-state index contributed by atoms with van der Waals surface area (Å²) in [6.45, 7) is 15.7. The molecule has 4 rings (SSSR count). The maximum atomic E-state index is 15.6. The van der Waals surface area contributed by atoms with Crippen molar-refractivity contribution in [3.05, 3.63) is 70.5 Å². The van der Waals surface area contributed by atoms with Gasteiger partial charge in [0, 0.05) is 48.0 Å². The minimum Gasteiger partial charge on any atom is -0.490 e. The fourth-order valence-electron chi connectivity index (χ4n) is 4.76. The van der Waals surface area contributed by atoms with Crippen LogP contribution in [0.4, 0.5) is 22.0 Å². The Bertz CT molecular complexity index is 1400. The highest BCUT2D eigenvalue weighted by molar-refractivity contribution is 6.74. The monoisotopic (exact) mass is 594 g/mol. The summed E-state index contributed by atoms with van der Waals surface area (Å²) in [5.41, 5.74) is 0.849. The van der Waals surface area contributed by atoms with Crippen molar-refractivity contribution in [3.63, 3.8) is 0 Å². The van der Waals surface area contributed by atoms with Crippen LogP contribution in [0, 0.1) is 18.6 Å². The highest BCUT2D eigenvalue weighted by atomic mass is 28.4. The van der Waals surface area contributed by atoms with Gasteiger partial charge >= 0.3 is 6.18 Å². The van der Waals surface area contributed by atoms with E-state index in [9.17, 15) is 17.6 Å². The maximum Gasteiger partial charge on any atom is 0.419 e. The number of alkyl halides is 3. The van der Waals surface area contributed by atoms with Gasteiger partial charge in [-0.15, -0.1) is 0 Å². The molecule has 1 unspecified atom stereocenters. The van der Waals surface area contributed by atoms with Crippen LogP contribution in [-0.4, -0.2) is 32.1 Å². The smallest absolute Gasteiger partial charge is 0.419 e. The van der Waals surface area contributed by atoms with Gasteiger partial charge in [0.2, 0.25) is 0 Å². The van der Waals surface area contributed by atoms with Crippen molar-refractivity contribution < 1.29 is 31.1 Å². The summed E-state index contributed by atoms with van der Waals surface area (Å²) in [5.74, 6) is -1.69. The first kappa shape index (κ1) is 31.4. The predicted molar refractivity (Wildman–Crippen MR) is 154 cm³/mol. The van der Waals surface area contributed by atoms with Crippen LogP contribution in [0.3, 0.4) is 0 Å². The van der Waals surface area contributed by atoms with Crippen LogP contribution >= 0.6 is 0 Å². The molecule has 41 heavy (non-hydrogen) atoms. The van der Waals surface area contributed by atoms with Crippen LogP contribution in [0.5, 0.6) is 5.75 Å². The Morgan fingerprint density at radius 1 is 1.02 bits per heavy atom. The van der Waals surface area contributed by atoms with E-state index in [1.807, 2.05) is 19.9 Å². The van der Waals surface area contributed by atoms with E-state index in [1.54, 1.807) is 12.3 Å². The second kappa shape index (κ2) is 11.6. The molecule has 224 valence electrons. The summed E-state index contributed by atoms with van der Waals surface area (Å²) in [7, 11) is -1.97. The van der Waals surface area contributed by atoms with Gasteiger partial charge in [-0.1, -0.05) is 27.7 Å². The molecule has 0 amide bonds. The molecule has 1 N–H and O–H groups in total. The molecule has 1 saturated carbocycles. The molecule has 2 aromatic carbocycles. The van der Waals surface area contributed by atoms with Crippen molar-refractivity contribution in [1.82, 2.24) is 10.3 Å². The molecule has 1 aliphatic rings. The zero-order valence-corrected chi connectivity index (χ0v) is 25.7. The van der Waals surface area contributed by atoms with E-state index >= 15 is 4.39 Å². The fraction of sp³-hybridized carbons (Fsp3) is 0.516. The number of benzene rings is 2. The van der Waals surface area contributed by atoms with Crippen LogP contribution in [0.25, 0.3) is 10.8 Å². The molecule has 0 bridgehead atoms. The average Bonchev–Trinajstić information content (AvgIpc) is 2.84. The van der Waals surface area contributed by atoms with Crippen LogP contribution < -0.4 is 10.1 Å². The lowest BCUT2D eigenvalue weighted by Crippen LogP contribution is -2.46. The number of ether oxygens (including phenoxy) is 1. The van der Waals surface area contributed by atoms with Gasteiger partial charge in [-0.25, -0.2) is 8.78 Å². The summed E-state index contributed by atoms with van der Waals surface area (Å²) in [5, 5.41) is 5.13. The number of halogens is 5. The van der Waals surface area contributed by atoms with Crippen molar-refractivity contribution in [2.75, 3.05) is 6.61 Å². The second-order valence-electron chi connectivity index (χ2n) is 12.7. The topological polar surface area (TPSA) is 43.4 Å². The molecule has 3 aromatic rings. The highest BCUT2D eigenvalue weighted by Crippen LogP contribution is 2.39. The van der Waals surface area contributed by atoms with Gasteiger partial charge in [-0.2, -0.15) is 13.2 Å². The molecular formula is C31H39F5N2O2Si. The van der Waals surface area contributed by atoms with Crippen LogP contribution in [0.15, 0.2) is 36.5 Å². The van der Waals surface area contributed by atoms with Gasteiger partial charge in [0.15, 0.2) is 8.32 Å². The molecule has 0 saturated heterocycles. The minimum absolute atomic E-state index is 0.0107. The Morgan fingerprint density at radius 3 is 2.34 bits per heavy atom. The summed E-state index contributed by atoms with van der Waals surface area (Å²) in [4.78, 5) is 4.48. The Balaban J connectivity index is 1.43. The molecule has 0 aliphatic heterocycles. The quantitative estimate of drug-likeness (QED) is 0.199. The van der Waals surface area contributed by atoms with E-state index in [-0.39, 0.29) is 41.2 Å². The predicted octanol–water partition coefficient (Wildman–Crippen LogP) is 8.67. The van der Waals surface area contributed by atoms with Crippen LogP contribution in [0.1, 0.15) is 68.8 Å². The Kier molecular flexibility index (Phi) is 8.88. The third kappa shape index (κ3) is 7.09. The fourth-order valence-corrected chi connectivity index (χ4v) is 5.86. The van der Waals surface area contributed by atoms with E-state index in [0.717, 1.165) is 28.1 Å². The van der Waals surface area contributed by atoms with Crippen molar-refractivity contribution in [3.8, 4) is 5.75 Å². The first-order valence-corrected chi connectivity index (χ1v) is 16.9. The van der Waals surface area contributed by atoms with Crippen LogP contribution in [-0.2, 0) is 17.1 Å². The summed E-state index contributed by atoms with van der Waals surface area (Å²) < 4.78 is 80.3. The zero-order chi connectivity index (χ0) is 30.3. The van der Waals surface area contributed by atoms with E-state index in [2.05, 4.69) is 44.2 Å². The van der Waals surface area contributed by atoms with E-state index < -0.39 is 25.9 Å². The maximum absolute atomic E-state index is 15.6. The lowest BCUT2D eigenvalue weighted by atomic mass is 9.88. The first-order valence-electron chi connectivity index (χ1n) is 13.9. The number of aryl methyl sites for hydroxylation is 1. The van der Waals surface area contributed by atoms with Gasteiger partial charge in [-0.3, -0.25) is 4.98 Å². The molecule has 1 atom stereocenters. The number of hydrogen-bond donors (Lipinski definition) is 1. The Morgan fingerprint density at radius 2 is 1.71 bits per heavy atom. The third-order valence-corrected chi connectivity index (χ3v) is 13.0. The van der Waals surface area contributed by atoms with E-state index in [0.29, 0.717) is 31.1 Å². The molecule has 4 nitrogen and oxygen atoms in total. The number of fused-ring (bicyclic) bond motifs is 1. The molecule has 1 fully saturated rings. The summed E-state index contributed by atoms with van der Waals surface area (Å²) in [6.07, 6.45) is -2.22. The molecule has 1 aromatic heterocycles. The zero-order valence-electron chi connectivity index (χ0n) is 24.7. The highest BCUT2D eigenvalue weighted by Gasteiger charge is 2.38. The summed E-state index contributed by atoms with van der Waals surface area (Å²) in [6, 6.07) is 6.16. The molecule has 1 aliphatic carbocycles. The Hall–Kier alpha value is -2.56. The SMILES string of the molecule is Cc1cc2c(CNC3CC(Oc4ccc(F)c(C(F)(F)F)c4)C3)c(F)cc(C(C)CO[Si](C)(C)C(C)(C)C)c2cn1. The van der Waals surface area contributed by atoms with Crippen molar-refractivity contribution >= 4 is 19.1 Å². The van der Waals surface area contributed by atoms with Gasteiger partial charge in [-0.05, 0) is 79.2 Å². The van der Waals surface area contributed by atoms with Gasteiger partial charge in [0.1, 0.15) is 23.5 Å². The number of aromatic nitrogens is 1. The number of nitrogens with one attached hydrogen (secondary N) is 1. The van der Waals surface area contributed by atoms with Crippen molar-refractivity contribution in [1.29, 1.82) is 0 Å². The van der Waals surface area contributed by atoms with Crippen molar-refractivity contribution in [2.24, 2.45) is 0 Å². The molecule has 0 radical (unpaired) electrons. The second-order valence-corrected chi connectivity index (χ2v) is 17.5. The standard InChI is InChI=1S/C31H39F5N2O2Si/c1-18(17-39-41(6,7)30(3,4)5)23-14-29(33)26(24-10-19(2)37-15-25(23)24)16-38-20-11-22(12-20)40-21-8-9-28(32)27(13-21)31(34,35)36/h8-10,13-15,18,20,22,38H,11-12,16-17H2,1-7H3. The normalized spacial score (nSPS) is 18.8. The number of rotatable bonds is 9. The van der Waals surface area contributed by atoms with Gasteiger partial charge in [0.05, 0.1) is 5.56 Å². The third-order valence-electron chi connectivity index (χ3n) is 8.49. The van der Waals surface area contributed by atoms with E-state index in [1.165, 1.54) is 6.07 Å². The lowest BCUT2D eigenvalue weighted by molar-refractivity contribution is -0.140. The molecular weight excluding hydrogens is 555 g/mol.